The summed E-state index contributed by atoms with van der Waals surface area (Å²) < 4.78 is 13.6. The van der Waals surface area contributed by atoms with E-state index in [9.17, 15) is 9.59 Å². The third kappa shape index (κ3) is 7.38. The van der Waals surface area contributed by atoms with E-state index in [0.29, 0.717) is 44.4 Å². The van der Waals surface area contributed by atoms with Crippen LogP contribution in [0.5, 0.6) is 5.75 Å². The second-order valence-electron chi connectivity index (χ2n) is 12.1. The van der Waals surface area contributed by atoms with Crippen LogP contribution in [0, 0.1) is 6.92 Å². The summed E-state index contributed by atoms with van der Waals surface area (Å²) in [6.07, 6.45) is -0.461. The molecule has 0 bridgehead atoms. The summed E-state index contributed by atoms with van der Waals surface area (Å²) in [7, 11) is 0. The van der Waals surface area contributed by atoms with Crippen molar-refractivity contribution in [2.24, 2.45) is 0 Å². The van der Waals surface area contributed by atoms with Crippen molar-refractivity contribution in [3.8, 4) is 11.4 Å². The predicted molar refractivity (Wildman–Crippen MR) is 174 cm³/mol. The number of hydrogen-bond acceptors (Lipinski definition) is 6. The summed E-state index contributed by atoms with van der Waals surface area (Å²) in [5.74, 6) is 1.23. The molecule has 5 rings (SSSR count). The molecule has 44 heavy (non-hydrogen) atoms. The fourth-order valence-corrected chi connectivity index (χ4v) is 5.13. The number of hydrogen-bond donors (Lipinski definition) is 3. The number of carbonyl (C=O) groups excluding carboxylic acids is 2. The Hall–Kier alpha value is -4.41. The number of aryl methyl sites for hydroxylation is 1. The number of ether oxygens (including phenoxy) is 2. The lowest BCUT2D eigenvalue weighted by Crippen LogP contribution is -2.50. The number of likely N-dealkylation sites (N-methyl/N-ethyl adjacent to an activating group) is 1. The molecular formula is C34H42N6O4. The van der Waals surface area contributed by atoms with Gasteiger partial charge >= 0.3 is 6.03 Å². The molecule has 0 saturated carbocycles. The first kappa shape index (κ1) is 31.0. The van der Waals surface area contributed by atoms with E-state index in [-0.39, 0.29) is 17.4 Å². The highest BCUT2D eigenvalue weighted by atomic mass is 16.5. The Morgan fingerprint density at radius 1 is 1.02 bits per heavy atom. The lowest BCUT2D eigenvalue weighted by molar-refractivity contribution is -0.138. The fraction of sp³-hybridized carbons (Fsp3) is 0.382. The maximum atomic E-state index is 13.3. The van der Waals surface area contributed by atoms with Crippen molar-refractivity contribution in [1.82, 2.24) is 20.0 Å². The minimum absolute atomic E-state index is 0.0783. The predicted octanol–water partition coefficient (Wildman–Crippen LogP) is 5.49. The molecule has 1 aliphatic heterocycles. The topological polar surface area (TPSA) is 110 Å². The molecule has 0 spiro atoms. The van der Waals surface area contributed by atoms with Gasteiger partial charge in [-0.1, -0.05) is 62.7 Å². The van der Waals surface area contributed by atoms with Gasteiger partial charge in [-0.2, -0.15) is 5.10 Å². The van der Waals surface area contributed by atoms with Gasteiger partial charge in [-0.05, 0) is 38.1 Å². The molecule has 0 radical (unpaired) electrons. The second-order valence-corrected chi connectivity index (χ2v) is 12.1. The number of morpholine rings is 1. The van der Waals surface area contributed by atoms with Gasteiger partial charge in [0.15, 0.2) is 0 Å². The third-order valence-corrected chi connectivity index (χ3v) is 7.59. The van der Waals surface area contributed by atoms with E-state index < -0.39 is 6.10 Å². The normalized spacial score (nSPS) is 15.6. The molecule has 1 aromatic heterocycles. The zero-order valence-corrected chi connectivity index (χ0v) is 26.1. The second kappa shape index (κ2) is 13.5. The molecule has 2 heterocycles. The van der Waals surface area contributed by atoms with Crippen molar-refractivity contribution in [2.75, 3.05) is 50.0 Å². The number of urea groups is 1. The highest BCUT2D eigenvalue weighted by molar-refractivity contribution is 6.07. The van der Waals surface area contributed by atoms with E-state index in [1.807, 2.05) is 80.6 Å². The monoisotopic (exact) mass is 598 g/mol. The Morgan fingerprint density at radius 3 is 2.50 bits per heavy atom. The number of nitrogens with one attached hydrogen (secondary N) is 3. The van der Waals surface area contributed by atoms with Gasteiger partial charge in [0.25, 0.3) is 0 Å². The zero-order valence-electron chi connectivity index (χ0n) is 26.1. The van der Waals surface area contributed by atoms with Gasteiger partial charge in [0.1, 0.15) is 24.3 Å². The largest absolute Gasteiger partial charge is 0.492 e. The van der Waals surface area contributed by atoms with Crippen molar-refractivity contribution in [2.45, 2.75) is 46.1 Å². The van der Waals surface area contributed by atoms with Crippen LogP contribution in [0.15, 0.2) is 66.7 Å². The van der Waals surface area contributed by atoms with Crippen LogP contribution in [0.1, 0.15) is 39.0 Å². The number of anilines is 2. The van der Waals surface area contributed by atoms with Gasteiger partial charge in [-0.3, -0.25) is 15.0 Å². The van der Waals surface area contributed by atoms with Crippen molar-refractivity contribution >= 4 is 34.2 Å². The number of benzene rings is 3. The van der Waals surface area contributed by atoms with Crippen molar-refractivity contribution in [3.63, 3.8) is 0 Å². The highest BCUT2D eigenvalue weighted by Crippen LogP contribution is 2.32. The Labute approximate surface area is 258 Å². The van der Waals surface area contributed by atoms with Gasteiger partial charge in [0, 0.05) is 48.4 Å². The average molecular weight is 599 g/mol. The van der Waals surface area contributed by atoms with E-state index in [0.717, 1.165) is 40.0 Å². The van der Waals surface area contributed by atoms with E-state index in [1.165, 1.54) is 0 Å². The number of rotatable bonds is 9. The number of fused-ring (bicyclic) bond motifs is 1. The van der Waals surface area contributed by atoms with Gasteiger partial charge in [-0.25, -0.2) is 9.48 Å². The third-order valence-electron chi connectivity index (χ3n) is 7.59. The molecule has 0 aliphatic carbocycles. The summed E-state index contributed by atoms with van der Waals surface area (Å²) in [6.45, 7) is 13.7. The van der Waals surface area contributed by atoms with E-state index >= 15 is 0 Å². The Balaban J connectivity index is 1.27. The van der Waals surface area contributed by atoms with Crippen molar-refractivity contribution in [3.05, 3.63) is 78.0 Å². The van der Waals surface area contributed by atoms with Crippen LogP contribution in [0.4, 0.5) is 16.3 Å². The summed E-state index contributed by atoms with van der Waals surface area (Å²) in [5, 5.41) is 15.4. The average Bonchev–Trinajstić information content (AvgIpc) is 3.43. The summed E-state index contributed by atoms with van der Waals surface area (Å²) in [5.41, 5.74) is 3.36. The van der Waals surface area contributed by atoms with Crippen molar-refractivity contribution < 1.29 is 19.1 Å². The lowest BCUT2D eigenvalue weighted by atomic mass is 9.92. The number of carbonyl (C=O) groups is 2. The van der Waals surface area contributed by atoms with Crippen LogP contribution in [-0.2, 0) is 14.9 Å². The Kier molecular flexibility index (Phi) is 9.51. The first-order valence-electron chi connectivity index (χ1n) is 15.1. The number of nitrogens with zero attached hydrogens (tertiary/aromatic N) is 3. The van der Waals surface area contributed by atoms with Gasteiger partial charge in [-0.15, -0.1) is 0 Å². The molecule has 3 N–H and O–H groups in total. The molecule has 1 fully saturated rings. The van der Waals surface area contributed by atoms with Gasteiger partial charge in [0.2, 0.25) is 5.91 Å². The molecular weight excluding hydrogens is 556 g/mol. The van der Waals surface area contributed by atoms with Crippen molar-refractivity contribution in [1.29, 1.82) is 0 Å². The molecule has 3 amide bonds. The molecule has 1 aliphatic rings. The number of amides is 3. The lowest BCUT2D eigenvalue weighted by Gasteiger charge is -2.31. The van der Waals surface area contributed by atoms with E-state index in [2.05, 4.69) is 41.6 Å². The quantitative estimate of drug-likeness (QED) is 0.235. The molecule has 10 heteroatoms. The Morgan fingerprint density at radius 2 is 1.77 bits per heavy atom. The van der Waals surface area contributed by atoms with Gasteiger partial charge < -0.3 is 20.1 Å². The molecule has 10 nitrogen and oxygen atoms in total. The minimum Gasteiger partial charge on any atom is -0.492 e. The molecule has 232 valence electrons. The van der Waals surface area contributed by atoms with E-state index in [4.69, 9.17) is 14.6 Å². The van der Waals surface area contributed by atoms with Crippen LogP contribution in [0.25, 0.3) is 16.5 Å². The summed E-state index contributed by atoms with van der Waals surface area (Å²) in [4.78, 5) is 27.7. The van der Waals surface area contributed by atoms with E-state index in [1.54, 1.807) is 4.68 Å². The Bertz CT molecular complexity index is 1610. The summed E-state index contributed by atoms with van der Waals surface area (Å²) >= 11 is 0. The summed E-state index contributed by atoms with van der Waals surface area (Å²) in [6, 6.07) is 21.1. The fourth-order valence-electron chi connectivity index (χ4n) is 5.13. The standard InChI is InChI=1S/C34H42N6O4/c1-6-35-32(41)29-22-39(18-20-44-29)17-19-43-28-16-15-27(25-9-7-8-10-26(25)28)36-33(42)37-31-21-30(34(3,4)5)38-40(31)24-13-11-23(2)12-14-24/h7-16,21,29H,6,17-20,22H2,1-5H3,(H,35,41)(H2,36,37,42). The van der Waals surface area contributed by atoms with Crippen LogP contribution in [-0.4, -0.2) is 72.1 Å². The molecule has 4 aromatic rings. The van der Waals surface area contributed by atoms with Crippen LogP contribution in [0.3, 0.4) is 0 Å². The van der Waals surface area contributed by atoms with Crippen LogP contribution in [0.2, 0.25) is 0 Å². The highest BCUT2D eigenvalue weighted by Gasteiger charge is 2.26. The first-order chi connectivity index (χ1) is 21.1. The van der Waals surface area contributed by atoms with Crippen LogP contribution < -0.4 is 20.7 Å². The zero-order chi connectivity index (χ0) is 31.3. The molecule has 1 saturated heterocycles. The number of aromatic nitrogens is 2. The smallest absolute Gasteiger partial charge is 0.324 e. The maximum absolute atomic E-state index is 13.3. The molecule has 1 atom stereocenters. The SMILES string of the molecule is CCNC(=O)C1CN(CCOc2ccc(NC(=O)Nc3cc(C(C)(C)C)nn3-c3ccc(C)cc3)c3ccccc23)CCO1. The minimum atomic E-state index is -0.461. The van der Waals surface area contributed by atoms with Gasteiger partial charge in [0.05, 0.1) is 23.7 Å². The van der Waals surface area contributed by atoms with Crippen LogP contribution >= 0.6 is 0 Å². The maximum Gasteiger partial charge on any atom is 0.324 e. The molecule has 1 unspecified atom stereocenters. The first-order valence-corrected chi connectivity index (χ1v) is 15.1. The molecule has 3 aromatic carbocycles.